The molecule has 0 bridgehead atoms. The van der Waals surface area contributed by atoms with Crippen LogP contribution in [0.2, 0.25) is 0 Å². The summed E-state index contributed by atoms with van der Waals surface area (Å²) in [6.07, 6.45) is 2.17. The largest absolute Gasteiger partial charge is 0.494 e. The number of hydrogen-bond donors (Lipinski definition) is 2. The maximum atomic E-state index is 11.7. The predicted molar refractivity (Wildman–Crippen MR) is 80.0 cm³/mol. The van der Waals surface area contributed by atoms with Crippen molar-refractivity contribution in [3.63, 3.8) is 0 Å². The van der Waals surface area contributed by atoms with Crippen molar-refractivity contribution in [1.82, 2.24) is 20.2 Å². The number of rotatable bonds is 5. The number of aromatic nitrogens is 4. The summed E-state index contributed by atoms with van der Waals surface area (Å²) in [5.74, 6) is 1.58. The molecule has 1 atom stereocenters. The third kappa shape index (κ3) is 2.77. The van der Waals surface area contributed by atoms with Gasteiger partial charge in [-0.1, -0.05) is 0 Å². The fourth-order valence-corrected chi connectivity index (χ4v) is 2.15. The number of amides is 1. The lowest BCUT2D eigenvalue weighted by Gasteiger charge is -2.13. The molecule has 116 valence electrons. The zero-order valence-electron chi connectivity index (χ0n) is 12.5. The Bertz CT molecular complexity index is 692. The summed E-state index contributed by atoms with van der Waals surface area (Å²) >= 11 is 0. The second kappa shape index (κ2) is 5.72. The molecule has 2 aromatic rings. The number of nitrogens with one attached hydrogen (secondary N) is 1. The molecule has 0 aliphatic heterocycles. The maximum Gasteiger partial charge on any atom is 0.240 e. The van der Waals surface area contributed by atoms with Crippen LogP contribution in [0, 0.1) is 0 Å². The van der Waals surface area contributed by atoms with E-state index in [1.165, 1.54) is 0 Å². The first-order valence-electron chi connectivity index (χ1n) is 7.13. The van der Waals surface area contributed by atoms with Crippen LogP contribution in [-0.4, -0.2) is 39.3 Å². The number of carbonyl (C=O) groups is 1. The van der Waals surface area contributed by atoms with Gasteiger partial charge >= 0.3 is 0 Å². The predicted octanol–water partition coefficient (Wildman–Crippen LogP) is 0.834. The molecule has 1 aromatic carbocycles. The number of tetrazole rings is 1. The highest BCUT2D eigenvalue weighted by Crippen LogP contribution is 2.40. The monoisotopic (exact) mass is 302 g/mol. The van der Waals surface area contributed by atoms with Crippen LogP contribution in [0.5, 0.6) is 5.75 Å². The zero-order chi connectivity index (χ0) is 15.7. The lowest BCUT2D eigenvalue weighted by atomic mass is 10.2. The maximum absolute atomic E-state index is 11.7. The average molecular weight is 302 g/mol. The Hall–Kier alpha value is -2.48. The second-order valence-corrected chi connectivity index (χ2v) is 5.39. The molecule has 1 aliphatic carbocycles. The van der Waals surface area contributed by atoms with Gasteiger partial charge in [0.25, 0.3) is 0 Å². The van der Waals surface area contributed by atoms with Crippen LogP contribution in [0.4, 0.5) is 5.69 Å². The van der Waals surface area contributed by atoms with Gasteiger partial charge in [-0.3, -0.25) is 4.79 Å². The average Bonchev–Trinajstić information content (AvgIpc) is 3.24. The molecule has 1 saturated carbocycles. The summed E-state index contributed by atoms with van der Waals surface area (Å²) in [4.78, 5) is 11.7. The minimum Gasteiger partial charge on any atom is -0.494 e. The summed E-state index contributed by atoms with van der Waals surface area (Å²) < 4.78 is 7.04. The summed E-state index contributed by atoms with van der Waals surface area (Å²) in [7, 11) is 1.58. The third-order valence-corrected chi connectivity index (χ3v) is 3.52. The van der Waals surface area contributed by atoms with Crippen molar-refractivity contribution in [2.75, 3.05) is 12.4 Å². The Morgan fingerprint density at radius 3 is 2.91 bits per heavy atom. The number of methoxy groups -OCH3 is 1. The van der Waals surface area contributed by atoms with E-state index in [2.05, 4.69) is 20.8 Å². The van der Waals surface area contributed by atoms with Crippen LogP contribution in [0.1, 0.15) is 31.5 Å². The quantitative estimate of drug-likeness (QED) is 0.847. The molecule has 3 rings (SSSR count). The molecule has 22 heavy (non-hydrogen) atoms. The third-order valence-electron chi connectivity index (χ3n) is 3.52. The molecule has 1 heterocycles. The fraction of sp³-hybridized carbons (Fsp3) is 0.429. The Labute approximate surface area is 127 Å². The SMILES string of the molecule is COc1ccc(NC(=O)[C@H](C)N)cc1-n1nnnc1C1CC1. The molecule has 0 radical (unpaired) electrons. The van der Waals surface area contributed by atoms with E-state index < -0.39 is 6.04 Å². The minimum absolute atomic E-state index is 0.254. The molecule has 0 unspecified atom stereocenters. The van der Waals surface area contributed by atoms with Gasteiger partial charge < -0.3 is 15.8 Å². The van der Waals surface area contributed by atoms with Crippen molar-refractivity contribution in [3.8, 4) is 11.4 Å². The number of nitrogens with zero attached hydrogens (tertiary/aromatic N) is 4. The van der Waals surface area contributed by atoms with Gasteiger partial charge in [0.05, 0.1) is 13.2 Å². The van der Waals surface area contributed by atoms with E-state index in [0.717, 1.165) is 18.7 Å². The summed E-state index contributed by atoms with van der Waals surface area (Å²) in [5.41, 5.74) is 6.88. The highest BCUT2D eigenvalue weighted by molar-refractivity contribution is 5.94. The van der Waals surface area contributed by atoms with Gasteiger partial charge in [0.1, 0.15) is 11.4 Å². The molecule has 0 saturated heterocycles. The van der Waals surface area contributed by atoms with Gasteiger partial charge in [0.2, 0.25) is 5.91 Å². The van der Waals surface area contributed by atoms with E-state index in [0.29, 0.717) is 23.0 Å². The van der Waals surface area contributed by atoms with E-state index in [1.54, 1.807) is 36.9 Å². The molecule has 3 N–H and O–H groups in total. The van der Waals surface area contributed by atoms with Crippen molar-refractivity contribution in [2.24, 2.45) is 5.73 Å². The summed E-state index contributed by atoms with van der Waals surface area (Å²) in [6, 6.07) is 4.72. The lowest BCUT2D eigenvalue weighted by Crippen LogP contribution is -2.32. The number of benzene rings is 1. The normalized spacial score (nSPS) is 15.4. The van der Waals surface area contributed by atoms with Gasteiger partial charge in [-0.15, -0.1) is 5.10 Å². The van der Waals surface area contributed by atoms with Crippen LogP contribution < -0.4 is 15.8 Å². The summed E-state index contributed by atoms with van der Waals surface area (Å²) in [5, 5.41) is 14.6. The molecule has 1 fully saturated rings. The van der Waals surface area contributed by atoms with Gasteiger partial charge in [-0.25, -0.2) is 0 Å². The van der Waals surface area contributed by atoms with Crippen LogP contribution in [0.3, 0.4) is 0 Å². The number of nitrogens with two attached hydrogens (primary N) is 1. The Morgan fingerprint density at radius 1 is 1.50 bits per heavy atom. The zero-order valence-corrected chi connectivity index (χ0v) is 12.5. The molecule has 8 nitrogen and oxygen atoms in total. The van der Waals surface area contributed by atoms with Gasteiger partial charge in [0.15, 0.2) is 5.82 Å². The van der Waals surface area contributed by atoms with E-state index in [9.17, 15) is 4.79 Å². The smallest absolute Gasteiger partial charge is 0.240 e. The first-order chi connectivity index (χ1) is 10.6. The van der Waals surface area contributed by atoms with Crippen LogP contribution in [0.15, 0.2) is 18.2 Å². The summed E-state index contributed by atoms with van der Waals surface area (Å²) in [6.45, 7) is 1.63. The highest BCUT2D eigenvalue weighted by Gasteiger charge is 2.30. The minimum atomic E-state index is -0.583. The van der Waals surface area contributed by atoms with E-state index in [1.807, 2.05) is 0 Å². The highest BCUT2D eigenvalue weighted by atomic mass is 16.5. The van der Waals surface area contributed by atoms with Crippen molar-refractivity contribution in [3.05, 3.63) is 24.0 Å². The van der Waals surface area contributed by atoms with Gasteiger partial charge in [-0.05, 0) is 48.4 Å². The van der Waals surface area contributed by atoms with Crippen LogP contribution in [0.25, 0.3) is 5.69 Å². The first-order valence-corrected chi connectivity index (χ1v) is 7.13. The second-order valence-electron chi connectivity index (χ2n) is 5.39. The van der Waals surface area contributed by atoms with Crippen molar-refractivity contribution >= 4 is 11.6 Å². The number of anilines is 1. The molecular formula is C14H18N6O2. The molecule has 8 heteroatoms. The van der Waals surface area contributed by atoms with E-state index >= 15 is 0 Å². The Balaban J connectivity index is 1.97. The van der Waals surface area contributed by atoms with E-state index in [-0.39, 0.29) is 5.91 Å². The van der Waals surface area contributed by atoms with E-state index in [4.69, 9.17) is 10.5 Å². The molecular weight excluding hydrogens is 284 g/mol. The van der Waals surface area contributed by atoms with Crippen molar-refractivity contribution in [1.29, 1.82) is 0 Å². The van der Waals surface area contributed by atoms with Gasteiger partial charge in [0, 0.05) is 11.6 Å². The standard InChI is InChI=1S/C14H18N6O2/c1-8(15)14(21)16-10-5-6-12(22-2)11(7-10)20-13(9-3-4-9)17-18-19-20/h5-9H,3-4,15H2,1-2H3,(H,16,21)/t8-/m0/s1. The van der Waals surface area contributed by atoms with Crippen LogP contribution in [-0.2, 0) is 4.79 Å². The lowest BCUT2D eigenvalue weighted by molar-refractivity contribution is -0.117. The fourth-order valence-electron chi connectivity index (χ4n) is 2.15. The number of carbonyl (C=O) groups excluding carboxylic acids is 1. The van der Waals surface area contributed by atoms with Gasteiger partial charge in [-0.2, -0.15) is 4.68 Å². The molecule has 1 aromatic heterocycles. The number of hydrogen-bond acceptors (Lipinski definition) is 6. The first kappa shape index (κ1) is 14.5. The topological polar surface area (TPSA) is 108 Å². The Kier molecular flexibility index (Phi) is 3.76. The Morgan fingerprint density at radius 2 is 2.27 bits per heavy atom. The number of ether oxygens (including phenoxy) is 1. The van der Waals surface area contributed by atoms with Crippen molar-refractivity contribution < 1.29 is 9.53 Å². The van der Waals surface area contributed by atoms with Crippen molar-refractivity contribution in [2.45, 2.75) is 31.7 Å². The molecule has 1 amide bonds. The molecule has 0 spiro atoms. The molecule has 1 aliphatic rings. The van der Waals surface area contributed by atoms with Crippen LogP contribution >= 0.6 is 0 Å².